The summed E-state index contributed by atoms with van der Waals surface area (Å²) in [5.41, 5.74) is 4.27. The Morgan fingerprint density at radius 2 is 1.32 bits per heavy atom. The molecule has 2 atom stereocenters. The summed E-state index contributed by atoms with van der Waals surface area (Å²) in [5, 5.41) is 0. The Hall–Kier alpha value is -2.61. The van der Waals surface area contributed by atoms with Crippen LogP contribution in [0.3, 0.4) is 0 Å². The maximum absolute atomic E-state index is 12.3. The molecule has 2 nitrogen and oxygen atoms in total. The maximum atomic E-state index is 12.3. The number of rotatable bonds is 2. The number of hydrogen-bond acceptors (Lipinski definition) is 2. The van der Waals surface area contributed by atoms with Crippen molar-refractivity contribution in [3.63, 3.8) is 0 Å². The molecule has 0 unspecified atom stereocenters. The molecule has 1 heterocycles. The van der Waals surface area contributed by atoms with Crippen LogP contribution in [0, 0.1) is 0 Å². The van der Waals surface area contributed by atoms with E-state index in [1.165, 1.54) is 5.56 Å². The Bertz CT molecular complexity index is 757. The molecule has 0 amide bonds. The van der Waals surface area contributed by atoms with Gasteiger partial charge in [0.2, 0.25) is 0 Å². The van der Waals surface area contributed by atoms with Crippen LogP contribution in [0.2, 0.25) is 0 Å². The second-order valence-electron chi connectivity index (χ2n) is 5.68. The number of cyclic esters (lactones) is 1. The van der Waals surface area contributed by atoms with Crippen LogP contribution in [0.15, 0.2) is 84.0 Å². The number of carbonyl (C=O) groups is 1. The van der Waals surface area contributed by atoms with E-state index in [2.05, 4.69) is 36.4 Å². The predicted molar refractivity (Wildman–Crippen MR) is 85.5 cm³/mol. The fraction of sp³-hybridized carbons (Fsp3) is 0.150. The number of carbonyl (C=O) groups excluding carboxylic acids is 1. The Labute approximate surface area is 129 Å². The average molecular weight is 288 g/mol. The molecule has 2 heteroatoms. The van der Waals surface area contributed by atoms with Gasteiger partial charge in [-0.2, -0.15) is 0 Å². The van der Waals surface area contributed by atoms with E-state index in [-0.39, 0.29) is 17.8 Å². The van der Waals surface area contributed by atoms with E-state index in [1.807, 2.05) is 36.4 Å². The molecule has 0 saturated heterocycles. The van der Waals surface area contributed by atoms with Crippen LogP contribution in [0.4, 0.5) is 0 Å². The molecule has 1 aliphatic heterocycles. The lowest BCUT2D eigenvalue weighted by Gasteiger charge is -2.24. The molecule has 2 aromatic carbocycles. The van der Waals surface area contributed by atoms with Crippen molar-refractivity contribution in [2.24, 2.45) is 0 Å². The molecule has 1 aliphatic carbocycles. The van der Waals surface area contributed by atoms with Crippen molar-refractivity contribution in [2.75, 3.05) is 6.61 Å². The molecule has 0 fully saturated rings. The van der Waals surface area contributed by atoms with Crippen molar-refractivity contribution >= 4 is 5.97 Å². The monoisotopic (exact) mass is 288 g/mol. The van der Waals surface area contributed by atoms with Gasteiger partial charge in [-0.1, -0.05) is 72.8 Å². The van der Waals surface area contributed by atoms with Crippen LogP contribution in [-0.2, 0) is 9.53 Å². The molecule has 0 aromatic heterocycles. The number of hydrogen-bond donors (Lipinski definition) is 0. The summed E-state index contributed by atoms with van der Waals surface area (Å²) in [7, 11) is 0. The topological polar surface area (TPSA) is 26.3 Å². The van der Waals surface area contributed by atoms with Crippen LogP contribution in [-0.4, -0.2) is 12.6 Å². The number of ether oxygens (including phenoxy) is 1. The number of esters is 1. The van der Waals surface area contributed by atoms with E-state index >= 15 is 0 Å². The maximum Gasteiger partial charge on any atom is 0.335 e. The van der Waals surface area contributed by atoms with Gasteiger partial charge in [0, 0.05) is 11.8 Å². The molecule has 0 bridgehead atoms. The van der Waals surface area contributed by atoms with E-state index in [0.29, 0.717) is 6.61 Å². The highest BCUT2D eigenvalue weighted by Gasteiger charge is 2.37. The molecule has 0 radical (unpaired) electrons. The summed E-state index contributed by atoms with van der Waals surface area (Å²) in [4.78, 5) is 12.3. The standard InChI is InChI=1S/C20H16O2/c21-20-19-17(15-9-5-2-6-10-15)12-11-16(18(19)13-22-20)14-7-3-1-4-8-14/h1-12,16-17H,13H2/t16-,17-/m1/s1. The third-order valence-electron chi connectivity index (χ3n) is 4.42. The molecule has 0 N–H and O–H groups in total. The normalized spacial score (nSPS) is 23.4. The molecule has 4 rings (SSSR count). The van der Waals surface area contributed by atoms with E-state index in [9.17, 15) is 4.79 Å². The third-order valence-corrected chi connectivity index (χ3v) is 4.42. The third kappa shape index (κ3) is 2.08. The van der Waals surface area contributed by atoms with Gasteiger partial charge >= 0.3 is 5.97 Å². The first-order valence-corrected chi connectivity index (χ1v) is 7.53. The summed E-state index contributed by atoms with van der Waals surface area (Å²) in [6.07, 6.45) is 4.34. The lowest BCUT2D eigenvalue weighted by Crippen LogP contribution is -2.14. The fourth-order valence-electron chi connectivity index (χ4n) is 3.36. The molecule has 0 saturated carbocycles. The summed E-state index contributed by atoms with van der Waals surface area (Å²) in [6.45, 7) is 0.404. The van der Waals surface area contributed by atoms with Gasteiger partial charge in [0.25, 0.3) is 0 Å². The van der Waals surface area contributed by atoms with Gasteiger partial charge in [-0.15, -0.1) is 0 Å². The van der Waals surface area contributed by atoms with Gasteiger partial charge in [0.1, 0.15) is 6.61 Å². The Kier molecular flexibility index (Phi) is 3.15. The van der Waals surface area contributed by atoms with Crippen LogP contribution >= 0.6 is 0 Å². The summed E-state index contributed by atoms with van der Waals surface area (Å²) in [6, 6.07) is 20.4. The highest BCUT2D eigenvalue weighted by Crippen LogP contribution is 2.43. The van der Waals surface area contributed by atoms with Crippen LogP contribution < -0.4 is 0 Å². The van der Waals surface area contributed by atoms with Crippen molar-refractivity contribution in [2.45, 2.75) is 11.8 Å². The molecular weight excluding hydrogens is 272 g/mol. The molecule has 0 spiro atoms. The largest absolute Gasteiger partial charge is 0.458 e. The predicted octanol–water partition coefficient (Wildman–Crippen LogP) is 3.98. The molecular formula is C20H16O2. The molecule has 108 valence electrons. The quantitative estimate of drug-likeness (QED) is 0.617. The van der Waals surface area contributed by atoms with Crippen molar-refractivity contribution in [1.29, 1.82) is 0 Å². The second kappa shape index (κ2) is 5.30. The van der Waals surface area contributed by atoms with Gasteiger partial charge in [-0.25, -0.2) is 4.79 Å². The fourth-order valence-corrected chi connectivity index (χ4v) is 3.36. The van der Waals surface area contributed by atoms with Gasteiger partial charge in [-0.3, -0.25) is 0 Å². The number of benzene rings is 2. The highest BCUT2D eigenvalue weighted by molar-refractivity contribution is 5.95. The lowest BCUT2D eigenvalue weighted by molar-refractivity contribution is -0.136. The Morgan fingerprint density at radius 1 is 0.773 bits per heavy atom. The summed E-state index contributed by atoms with van der Waals surface area (Å²) >= 11 is 0. The van der Waals surface area contributed by atoms with Gasteiger partial charge in [0.15, 0.2) is 0 Å². The average Bonchev–Trinajstić information content (AvgIpc) is 2.98. The van der Waals surface area contributed by atoms with Crippen molar-refractivity contribution in [1.82, 2.24) is 0 Å². The second-order valence-corrected chi connectivity index (χ2v) is 5.68. The molecule has 22 heavy (non-hydrogen) atoms. The van der Waals surface area contributed by atoms with Crippen molar-refractivity contribution < 1.29 is 9.53 Å². The molecule has 2 aromatic rings. The first kappa shape index (κ1) is 13.1. The van der Waals surface area contributed by atoms with Gasteiger partial charge in [-0.05, 0) is 16.7 Å². The molecule has 2 aliphatic rings. The van der Waals surface area contributed by atoms with Crippen LogP contribution in [0.1, 0.15) is 23.0 Å². The van der Waals surface area contributed by atoms with Crippen molar-refractivity contribution in [3.05, 3.63) is 95.1 Å². The van der Waals surface area contributed by atoms with Gasteiger partial charge in [0.05, 0.1) is 5.57 Å². The zero-order valence-electron chi connectivity index (χ0n) is 12.1. The Morgan fingerprint density at radius 3 is 1.95 bits per heavy atom. The SMILES string of the molecule is O=C1OCC2=C1[C@@H](c1ccccc1)C=C[C@@H]2c1ccccc1. The van der Waals surface area contributed by atoms with E-state index in [0.717, 1.165) is 16.7 Å². The number of allylic oxidation sites excluding steroid dienone is 2. The first-order valence-electron chi connectivity index (χ1n) is 7.53. The smallest absolute Gasteiger partial charge is 0.335 e. The minimum absolute atomic E-state index is 0.00571. The van der Waals surface area contributed by atoms with Gasteiger partial charge < -0.3 is 4.74 Å². The first-order chi connectivity index (χ1) is 10.8. The van der Waals surface area contributed by atoms with Crippen LogP contribution in [0.25, 0.3) is 0 Å². The zero-order valence-corrected chi connectivity index (χ0v) is 12.1. The zero-order chi connectivity index (χ0) is 14.9. The Balaban J connectivity index is 1.80. The van der Waals surface area contributed by atoms with Crippen molar-refractivity contribution in [3.8, 4) is 0 Å². The lowest BCUT2D eigenvalue weighted by atomic mass is 9.77. The minimum Gasteiger partial charge on any atom is -0.458 e. The van der Waals surface area contributed by atoms with E-state index < -0.39 is 0 Å². The van der Waals surface area contributed by atoms with E-state index in [1.54, 1.807) is 0 Å². The minimum atomic E-state index is -0.172. The van der Waals surface area contributed by atoms with E-state index in [4.69, 9.17) is 4.74 Å². The summed E-state index contributed by atoms with van der Waals surface area (Å²) < 4.78 is 5.35. The highest BCUT2D eigenvalue weighted by atomic mass is 16.5. The van der Waals surface area contributed by atoms with Crippen LogP contribution in [0.5, 0.6) is 0 Å². The summed E-state index contributed by atoms with van der Waals surface area (Å²) in [5.74, 6) is -0.0251.